The number of halogens is 5. The van der Waals surface area contributed by atoms with Gasteiger partial charge in [-0.2, -0.15) is 13.2 Å². The quantitative estimate of drug-likeness (QED) is 0.730. The Morgan fingerprint density at radius 1 is 1.22 bits per heavy atom. The van der Waals surface area contributed by atoms with Gasteiger partial charge in [-0.1, -0.05) is 18.2 Å². The third-order valence-corrected chi connectivity index (χ3v) is 3.20. The van der Waals surface area contributed by atoms with E-state index in [1.807, 2.05) is 0 Å². The summed E-state index contributed by atoms with van der Waals surface area (Å²) in [6.07, 6.45) is -2.87. The van der Waals surface area contributed by atoms with Gasteiger partial charge in [-0.15, -0.1) is 24.8 Å². The Morgan fingerprint density at radius 2 is 1.89 bits per heavy atom. The van der Waals surface area contributed by atoms with E-state index < -0.39 is 11.7 Å². The van der Waals surface area contributed by atoms with Crippen LogP contribution in [0.25, 0.3) is 0 Å². The maximum atomic E-state index is 12.9. The van der Waals surface area contributed by atoms with E-state index in [1.54, 1.807) is 13.0 Å². The van der Waals surface area contributed by atoms with Crippen LogP contribution in [0.4, 0.5) is 13.2 Å². The van der Waals surface area contributed by atoms with Gasteiger partial charge in [-0.3, -0.25) is 4.79 Å². The summed E-state index contributed by atoms with van der Waals surface area (Å²) in [5.74, 6) is -0.475. The molecule has 0 bridgehead atoms. The van der Waals surface area contributed by atoms with Gasteiger partial charge in [0.15, 0.2) is 0 Å². The average molecular weight is 426 g/mol. The van der Waals surface area contributed by atoms with Crippen molar-refractivity contribution in [2.75, 3.05) is 0 Å². The molecule has 2 rings (SSSR count). The number of nitrogens with one attached hydrogen (secondary N) is 1. The number of nitrogens with two attached hydrogens (primary N) is 1. The summed E-state index contributed by atoms with van der Waals surface area (Å²) in [4.78, 5) is 15.5. The number of carbonyl (C=O) groups excluding carboxylic acids is 1. The Morgan fingerprint density at radius 3 is 2.44 bits per heavy atom. The van der Waals surface area contributed by atoms with E-state index in [0.29, 0.717) is 5.56 Å². The molecular weight excluding hydrogens is 406 g/mol. The largest absolute Gasteiger partial charge is 0.438 e. The monoisotopic (exact) mass is 425 g/mol. The molecule has 0 fully saturated rings. The van der Waals surface area contributed by atoms with Crippen molar-refractivity contribution in [3.63, 3.8) is 0 Å². The number of pyridine rings is 1. The zero-order chi connectivity index (χ0) is 18.4. The number of alkyl halides is 3. The van der Waals surface area contributed by atoms with Crippen molar-refractivity contribution in [3.05, 3.63) is 53.7 Å². The number of hydrogen-bond donors (Lipinski definition) is 2. The molecular formula is C17H20Cl2F3N3O2. The van der Waals surface area contributed by atoms with Crippen LogP contribution in [0.3, 0.4) is 0 Å². The summed E-state index contributed by atoms with van der Waals surface area (Å²) >= 11 is 0. The molecule has 1 aromatic heterocycles. The van der Waals surface area contributed by atoms with Crippen molar-refractivity contribution in [1.29, 1.82) is 0 Å². The van der Waals surface area contributed by atoms with Gasteiger partial charge in [0.1, 0.15) is 5.75 Å². The molecule has 0 aliphatic heterocycles. The minimum atomic E-state index is -4.51. The van der Waals surface area contributed by atoms with E-state index in [2.05, 4.69) is 10.3 Å². The number of rotatable bonds is 6. The summed E-state index contributed by atoms with van der Waals surface area (Å²) in [7, 11) is 0. The summed E-state index contributed by atoms with van der Waals surface area (Å²) in [6.45, 7) is 1.98. The third-order valence-electron chi connectivity index (χ3n) is 3.20. The molecule has 1 heterocycles. The van der Waals surface area contributed by atoms with Gasteiger partial charge in [-0.05, 0) is 24.6 Å². The second kappa shape index (κ2) is 11.0. The zero-order valence-corrected chi connectivity index (χ0v) is 16.0. The normalized spacial score (nSPS) is 11.6. The molecule has 27 heavy (non-hydrogen) atoms. The lowest BCUT2D eigenvalue weighted by molar-refractivity contribution is -0.138. The molecule has 3 N–H and O–H groups in total. The minimum Gasteiger partial charge on any atom is -0.438 e. The van der Waals surface area contributed by atoms with Gasteiger partial charge in [-0.25, -0.2) is 4.98 Å². The number of amides is 1. The van der Waals surface area contributed by atoms with Gasteiger partial charge in [0, 0.05) is 31.3 Å². The lowest BCUT2D eigenvalue weighted by Crippen LogP contribution is -2.29. The lowest BCUT2D eigenvalue weighted by atomic mass is 10.2. The van der Waals surface area contributed by atoms with E-state index in [-0.39, 0.29) is 61.4 Å². The van der Waals surface area contributed by atoms with Crippen LogP contribution in [0.1, 0.15) is 24.5 Å². The summed E-state index contributed by atoms with van der Waals surface area (Å²) in [5, 5.41) is 2.68. The van der Waals surface area contributed by atoms with Crippen LogP contribution in [-0.4, -0.2) is 16.9 Å². The molecule has 1 amide bonds. The van der Waals surface area contributed by atoms with Gasteiger partial charge >= 0.3 is 6.18 Å². The highest BCUT2D eigenvalue weighted by molar-refractivity contribution is 5.85. The molecule has 1 atom stereocenters. The first-order valence-corrected chi connectivity index (χ1v) is 7.57. The number of hydrogen-bond acceptors (Lipinski definition) is 4. The first-order valence-electron chi connectivity index (χ1n) is 7.57. The summed E-state index contributed by atoms with van der Waals surface area (Å²) in [5.41, 5.74) is 5.35. The fraction of sp³-hybridized carbons (Fsp3) is 0.294. The Labute approximate surface area is 167 Å². The fourth-order valence-corrected chi connectivity index (χ4v) is 2.04. The van der Waals surface area contributed by atoms with Gasteiger partial charge in [0.05, 0.1) is 5.56 Å². The van der Waals surface area contributed by atoms with Gasteiger partial charge < -0.3 is 15.8 Å². The van der Waals surface area contributed by atoms with Crippen molar-refractivity contribution in [2.24, 2.45) is 5.73 Å². The molecule has 1 aromatic carbocycles. The number of nitrogens with zero attached hydrogens (tertiary/aromatic N) is 1. The predicted octanol–water partition coefficient (Wildman–Crippen LogP) is 4.09. The highest BCUT2D eigenvalue weighted by atomic mass is 35.5. The molecule has 0 aliphatic carbocycles. The Balaban J connectivity index is 0.00000338. The van der Waals surface area contributed by atoms with Crippen LogP contribution in [0.2, 0.25) is 0 Å². The molecule has 0 spiro atoms. The molecule has 0 radical (unpaired) electrons. The molecule has 1 unspecified atom stereocenters. The van der Waals surface area contributed by atoms with Crippen molar-refractivity contribution in [2.45, 2.75) is 32.1 Å². The van der Waals surface area contributed by atoms with Gasteiger partial charge in [0.2, 0.25) is 11.8 Å². The van der Waals surface area contributed by atoms with Crippen molar-refractivity contribution in [3.8, 4) is 11.6 Å². The zero-order valence-electron chi connectivity index (χ0n) is 14.3. The average Bonchev–Trinajstić information content (AvgIpc) is 2.53. The molecule has 0 saturated heterocycles. The van der Waals surface area contributed by atoms with E-state index in [4.69, 9.17) is 10.5 Å². The van der Waals surface area contributed by atoms with Crippen molar-refractivity contribution in [1.82, 2.24) is 10.3 Å². The third kappa shape index (κ3) is 8.03. The van der Waals surface area contributed by atoms with Crippen LogP contribution in [-0.2, 0) is 17.5 Å². The number of carbonyl (C=O) groups is 1. The minimum absolute atomic E-state index is 0. The molecule has 150 valence electrons. The highest BCUT2D eigenvalue weighted by Gasteiger charge is 2.34. The fourth-order valence-electron chi connectivity index (χ4n) is 2.04. The van der Waals surface area contributed by atoms with E-state index in [1.165, 1.54) is 30.5 Å². The predicted molar refractivity (Wildman–Crippen MR) is 100 cm³/mol. The first kappa shape index (κ1) is 25.0. The van der Waals surface area contributed by atoms with E-state index in [9.17, 15) is 18.0 Å². The second-order valence-electron chi connectivity index (χ2n) is 5.56. The first-order chi connectivity index (χ1) is 11.8. The molecule has 2 aromatic rings. The van der Waals surface area contributed by atoms with Crippen LogP contribution in [0, 0.1) is 0 Å². The SMILES string of the molecule is CC(N)CC(=O)NCc1ccc(Oc2ccccc2C(F)(F)F)nc1.Cl.Cl. The van der Waals surface area contributed by atoms with Crippen LogP contribution in [0.15, 0.2) is 42.6 Å². The summed E-state index contributed by atoms with van der Waals surface area (Å²) < 4.78 is 44.0. The Bertz CT molecular complexity index is 726. The second-order valence-corrected chi connectivity index (χ2v) is 5.56. The highest BCUT2D eigenvalue weighted by Crippen LogP contribution is 2.37. The maximum Gasteiger partial charge on any atom is 0.419 e. The van der Waals surface area contributed by atoms with E-state index >= 15 is 0 Å². The topological polar surface area (TPSA) is 77.2 Å². The molecule has 5 nitrogen and oxygen atoms in total. The number of para-hydroxylation sites is 1. The number of ether oxygens (including phenoxy) is 1. The van der Waals surface area contributed by atoms with Crippen LogP contribution < -0.4 is 15.8 Å². The van der Waals surface area contributed by atoms with Crippen molar-refractivity contribution >= 4 is 30.7 Å². The lowest BCUT2D eigenvalue weighted by Gasteiger charge is -2.13. The molecule has 0 saturated carbocycles. The Kier molecular flexibility index (Phi) is 10.1. The van der Waals surface area contributed by atoms with Gasteiger partial charge in [0.25, 0.3) is 0 Å². The van der Waals surface area contributed by atoms with Crippen LogP contribution in [0.5, 0.6) is 11.6 Å². The maximum absolute atomic E-state index is 12.9. The molecule has 10 heteroatoms. The summed E-state index contributed by atoms with van der Waals surface area (Å²) in [6, 6.07) is 7.74. The van der Waals surface area contributed by atoms with Crippen molar-refractivity contribution < 1.29 is 22.7 Å². The smallest absolute Gasteiger partial charge is 0.419 e. The number of benzene rings is 1. The Hall–Kier alpha value is -2.03. The number of aromatic nitrogens is 1. The van der Waals surface area contributed by atoms with E-state index in [0.717, 1.165) is 6.07 Å². The molecule has 0 aliphatic rings. The van der Waals surface area contributed by atoms with Crippen LogP contribution >= 0.6 is 24.8 Å². The standard InChI is InChI=1S/C17H18F3N3O2.2ClH/c1-11(21)8-15(24)22-9-12-6-7-16(23-10-12)25-14-5-3-2-4-13(14)17(18,19)20;;/h2-7,10-11H,8-9,21H2,1H3,(H,22,24);2*1H.